The van der Waals surface area contributed by atoms with Gasteiger partial charge in [-0.3, -0.25) is 0 Å². The molecule has 1 unspecified atom stereocenters. The van der Waals surface area contributed by atoms with Gasteiger partial charge in [0.2, 0.25) is 0 Å². The van der Waals surface area contributed by atoms with Crippen molar-refractivity contribution in [2.75, 3.05) is 13.7 Å². The molecule has 3 nitrogen and oxygen atoms in total. The quantitative estimate of drug-likeness (QED) is 0.881. The Bertz CT molecular complexity index is 545. The Morgan fingerprint density at radius 1 is 1.10 bits per heavy atom. The second-order valence-corrected chi connectivity index (χ2v) is 4.52. The van der Waals surface area contributed by atoms with Crippen LogP contribution in [0.25, 0.3) is 0 Å². The molecule has 0 amide bonds. The molecular weight excluding hydrogens is 257 g/mol. The highest BCUT2D eigenvalue weighted by molar-refractivity contribution is 5.31. The molecule has 0 saturated carbocycles. The van der Waals surface area contributed by atoms with Gasteiger partial charge in [0.15, 0.2) is 11.6 Å². The van der Waals surface area contributed by atoms with Gasteiger partial charge in [-0.15, -0.1) is 0 Å². The lowest BCUT2D eigenvalue weighted by Gasteiger charge is -2.14. The number of halogens is 1. The van der Waals surface area contributed by atoms with Crippen LogP contribution in [0, 0.1) is 5.82 Å². The first kappa shape index (κ1) is 14.3. The first-order valence-electron chi connectivity index (χ1n) is 6.45. The maximum absolute atomic E-state index is 14.0. The molecule has 0 fully saturated rings. The van der Waals surface area contributed by atoms with Crippen LogP contribution in [0.2, 0.25) is 0 Å². The van der Waals surface area contributed by atoms with Crippen molar-refractivity contribution in [3.05, 3.63) is 59.9 Å². The monoisotopic (exact) mass is 275 g/mol. The molecule has 0 aliphatic rings. The largest absolute Gasteiger partial charge is 0.494 e. The first-order valence-corrected chi connectivity index (χ1v) is 6.45. The lowest BCUT2D eigenvalue weighted by Crippen LogP contribution is -2.30. The van der Waals surface area contributed by atoms with E-state index in [0.29, 0.717) is 18.6 Å². The van der Waals surface area contributed by atoms with Crippen LogP contribution in [0.1, 0.15) is 5.56 Å². The molecule has 0 saturated heterocycles. The Labute approximate surface area is 118 Å². The minimum atomic E-state index is -0.356. The highest BCUT2D eigenvalue weighted by Gasteiger charge is 2.12. The summed E-state index contributed by atoms with van der Waals surface area (Å²) in [4.78, 5) is 0. The number of rotatable bonds is 6. The van der Waals surface area contributed by atoms with E-state index >= 15 is 0 Å². The molecule has 0 aliphatic heterocycles. The lowest BCUT2D eigenvalue weighted by molar-refractivity contribution is 0.286. The molecule has 0 bridgehead atoms. The zero-order valence-corrected chi connectivity index (χ0v) is 11.4. The minimum Gasteiger partial charge on any atom is -0.494 e. The molecule has 2 N–H and O–H groups in total. The molecule has 20 heavy (non-hydrogen) atoms. The minimum absolute atomic E-state index is 0.235. The predicted molar refractivity (Wildman–Crippen MR) is 76.6 cm³/mol. The Kier molecular flexibility index (Phi) is 4.96. The summed E-state index contributed by atoms with van der Waals surface area (Å²) in [6.45, 7) is 0.334. The van der Waals surface area contributed by atoms with E-state index in [1.54, 1.807) is 18.2 Å². The maximum atomic E-state index is 14.0. The van der Waals surface area contributed by atoms with E-state index in [1.807, 2.05) is 30.3 Å². The highest BCUT2D eigenvalue weighted by atomic mass is 19.1. The third-order valence-electron chi connectivity index (χ3n) is 2.95. The van der Waals surface area contributed by atoms with Crippen molar-refractivity contribution in [3.63, 3.8) is 0 Å². The van der Waals surface area contributed by atoms with Crippen molar-refractivity contribution in [1.29, 1.82) is 0 Å². The first-order chi connectivity index (χ1) is 9.70. The van der Waals surface area contributed by atoms with Gasteiger partial charge in [0, 0.05) is 6.04 Å². The third kappa shape index (κ3) is 3.71. The third-order valence-corrected chi connectivity index (χ3v) is 2.95. The molecule has 0 heterocycles. The molecule has 2 aromatic rings. The second kappa shape index (κ2) is 6.91. The maximum Gasteiger partial charge on any atom is 0.168 e. The summed E-state index contributed by atoms with van der Waals surface area (Å²) < 4.78 is 24.5. The fourth-order valence-electron chi connectivity index (χ4n) is 1.93. The number of benzene rings is 2. The number of hydrogen-bond acceptors (Lipinski definition) is 3. The van der Waals surface area contributed by atoms with Gasteiger partial charge in [0.1, 0.15) is 12.4 Å². The standard InChI is InChI=1S/C16H18FNO2/c1-19-15-9-5-6-12(16(15)17)10-13(18)11-20-14-7-3-2-4-8-14/h2-9,13H,10-11,18H2,1H3. The van der Waals surface area contributed by atoms with Crippen molar-refractivity contribution in [3.8, 4) is 11.5 Å². The van der Waals surface area contributed by atoms with Gasteiger partial charge in [-0.1, -0.05) is 30.3 Å². The molecule has 4 heteroatoms. The van der Waals surface area contributed by atoms with Gasteiger partial charge in [0.25, 0.3) is 0 Å². The van der Waals surface area contributed by atoms with E-state index in [1.165, 1.54) is 7.11 Å². The van der Waals surface area contributed by atoms with E-state index in [2.05, 4.69) is 0 Å². The zero-order chi connectivity index (χ0) is 14.4. The van der Waals surface area contributed by atoms with Gasteiger partial charge >= 0.3 is 0 Å². The van der Waals surface area contributed by atoms with E-state index in [0.717, 1.165) is 5.75 Å². The number of para-hydroxylation sites is 1. The fourth-order valence-corrected chi connectivity index (χ4v) is 1.93. The molecular formula is C16H18FNO2. The van der Waals surface area contributed by atoms with Gasteiger partial charge in [0.05, 0.1) is 7.11 Å². The van der Waals surface area contributed by atoms with Crippen LogP contribution in [0.15, 0.2) is 48.5 Å². The van der Waals surface area contributed by atoms with Gasteiger partial charge in [-0.25, -0.2) is 4.39 Å². The zero-order valence-electron chi connectivity index (χ0n) is 11.4. The van der Waals surface area contributed by atoms with Gasteiger partial charge in [-0.2, -0.15) is 0 Å². The van der Waals surface area contributed by atoms with Crippen molar-refractivity contribution < 1.29 is 13.9 Å². The van der Waals surface area contributed by atoms with Crippen LogP contribution in [-0.4, -0.2) is 19.8 Å². The van der Waals surface area contributed by atoms with E-state index in [4.69, 9.17) is 15.2 Å². The summed E-state index contributed by atoms with van der Waals surface area (Å²) in [5, 5.41) is 0. The Morgan fingerprint density at radius 2 is 1.85 bits per heavy atom. The Balaban J connectivity index is 1.93. The van der Waals surface area contributed by atoms with Gasteiger partial charge < -0.3 is 15.2 Å². The van der Waals surface area contributed by atoms with E-state index < -0.39 is 0 Å². The molecule has 0 spiro atoms. The summed E-state index contributed by atoms with van der Waals surface area (Å²) >= 11 is 0. The molecule has 2 rings (SSSR count). The molecule has 106 valence electrons. The van der Waals surface area contributed by atoms with Crippen molar-refractivity contribution >= 4 is 0 Å². The molecule has 0 radical (unpaired) electrons. The topological polar surface area (TPSA) is 44.5 Å². The molecule has 0 aliphatic carbocycles. The van der Waals surface area contributed by atoms with Crippen molar-refractivity contribution in [2.45, 2.75) is 12.5 Å². The van der Waals surface area contributed by atoms with E-state index in [9.17, 15) is 4.39 Å². The second-order valence-electron chi connectivity index (χ2n) is 4.52. The molecule has 2 aromatic carbocycles. The smallest absolute Gasteiger partial charge is 0.168 e. The van der Waals surface area contributed by atoms with Crippen LogP contribution in [0.5, 0.6) is 11.5 Å². The number of nitrogens with two attached hydrogens (primary N) is 1. The predicted octanol–water partition coefficient (Wildman–Crippen LogP) is 2.78. The lowest BCUT2D eigenvalue weighted by atomic mass is 10.1. The summed E-state index contributed by atoms with van der Waals surface area (Å²) in [6.07, 6.45) is 0.399. The number of hydrogen-bond donors (Lipinski definition) is 1. The SMILES string of the molecule is COc1cccc(CC(N)COc2ccccc2)c1F. The number of ether oxygens (including phenoxy) is 2. The molecule has 0 aromatic heterocycles. The normalized spacial score (nSPS) is 11.9. The van der Waals surface area contributed by atoms with Crippen LogP contribution < -0.4 is 15.2 Å². The fraction of sp³-hybridized carbons (Fsp3) is 0.250. The van der Waals surface area contributed by atoms with Crippen molar-refractivity contribution in [2.24, 2.45) is 5.73 Å². The van der Waals surface area contributed by atoms with Crippen LogP contribution in [-0.2, 0) is 6.42 Å². The van der Waals surface area contributed by atoms with Crippen LogP contribution in [0.3, 0.4) is 0 Å². The van der Waals surface area contributed by atoms with Crippen molar-refractivity contribution in [1.82, 2.24) is 0 Å². The Hall–Kier alpha value is -2.07. The highest BCUT2D eigenvalue weighted by Crippen LogP contribution is 2.21. The summed E-state index contributed by atoms with van der Waals surface area (Å²) in [5.74, 6) is 0.637. The number of methoxy groups -OCH3 is 1. The summed E-state index contributed by atoms with van der Waals surface area (Å²) in [5.41, 5.74) is 6.52. The summed E-state index contributed by atoms with van der Waals surface area (Å²) in [6, 6.07) is 14.2. The Morgan fingerprint density at radius 3 is 2.55 bits per heavy atom. The molecule has 1 atom stereocenters. The van der Waals surface area contributed by atoms with E-state index in [-0.39, 0.29) is 17.6 Å². The van der Waals surface area contributed by atoms with Gasteiger partial charge in [-0.05, 0) is 30.2 Å². The average Bonchev–Trinajstić information content (AvgIpc) is 2.48. The summed E-state index contributed by atoms with van der Waals surface area (Å²) in [7, 11) is 1.45. The van der Waals surface area contributed by atoms with Crippen LogP contribution in [0.4, 0.5) is 4.39 Å². The van der Waals surface area contributed by atoms with Crippen LogP contribution >= 0.6 is 0 Å². The average molecular weight is 275 g/mol.